The first-order chi connectivity index (χ1) is 9.72. The molecule has 0 saturated carbocycles. The number of anilines is 1. The first-order valence-corrected chi connectivity index (χ1v) is 6.00. The van der Waals surface area contributed by atoms with Gasteiger partial charge in [0.05, 0.1) is 5.56 Å². The number of carbonyl (C=O) groups excluding carboxylic acids is 1. The molecule has 2 aromatic rings. The number of rotatable bonds is 2. The monoisotopic (exact) mass is 267 g/mol. The number of amides is 1. The Morgan fingerprint density at radius 1 is 1.30 bits per heavy atom. The molecular weight excluding hydrogens is 254 g/mol. The summed E-state index contributed by atoms with van der Waals surface area (Å²) in [5.74, 6) is 5.32. The van der Waals surface area contributed by atoms with Crippen molar-refractivity contribution in [3.8, 4) is 11.8 Å². The summed E-state index contributed by atoms with van der Waals surface area (Å²) >= 11 is 0. The molecule has 2 rings (SSSR count). The summed E-state index contributed by atoms with van der Waals surface area (Å²) < 4.78 is 0. The normalized spacial score (nSPS) is 9.50. The minimum atomic E-state index is -0.380. The van der Waals surface area contributed by atoms with E-state index in [1.165, 1.54) is 6.20 Å². The van der Waals surface area contributed by atoms with Crippen LogP contribution in [-0.2, 0) is 0 Å². The fourth-order valence-corrected chi connectivity index (χ4v) is 1.61. The second kappa shape index (κ2) is 6.45. The fourth-order valence-electron chi connectivity index (χ4n) is 1.61. The molecule has 0 bridgehead atoms. The largest absolute Gasteiger partial charge is 0.384 e. The Bertz CT molecular complexity index is 687. The molecule has 2 aromatic heterocycles. The third kappa shape index (κ3) is 3.19. The SMILES string of the molecule is Cc1cccnc1NC(=O)c1ncccc1C#CCO. The van der Waals surface area contributed by atoms with Crippen molar-refractivity contribution in [2.75, 3.05) is 11.9 Å². The lowest BCUT2D eigenvalue weighted by Gasteiger charge is -2.07. The van der Waals surface area contributed by atoms with Gasteiger partial charge in [-0.15, -0.1) is 0 Å². The Hall–Kier alpha value is -2.71. The predicted octanol–water partition coefficient (Wildman–Crippen LogP) is 1.38. The van der Waals surface area contributed by atoms with E-state index in [1.807, 2.05) is 13.0 Å². The highest BCUT2D eigenvalue weighted by molar-refractivity contribution is 6.04. The van der Waals surface area contributed by atoms with E-state index in [9.17, 15) is 4.79 Å². The van der Waals surface area contributed by atoms with Gasteiger partial charge < -0.3 is 10.4 Å². The van der Waals surface area contributed by atoms with E-state index >= 15 is 0 Å². The van der Waals surface area contributed by atoms with Crippen molar-refractivity contribution in [2.45, 2.75) is 6.92 Å². The molecule has 5 nitrogen and oxygen atoms in total. The zero-order chi connectivity index (χ0) is 14.4. The highest BCUT2D eigenvalue weighted by Crippen LogP contribution is 2.12. The van der Waals surface area contributed by atoms with Crippen LogP contribution in [0.2, 0.25) is 0 Å². The Labute approximate surface area is 116 Å². The van der Waals surface area contributed by atoms with Crippen LogP contribution in [0.25, 0.3) is 0 Å². The van der Waals surface area contributed by atoms with Gasteiger partial charge in [0.25, 0.3) is 5.91 Å². The number of aryl methyl sites for hydroxylation is 1. The molecule has 1 amide bonds. The zero-order valence-corrected chi connectivity index (χ0v) is 10.9. The maximum atomic E-state index is 12.2. The molecular formula is C15H13N3O2. The Morgan fingerprint density at radius 3 is 2.80 bits per heavy atom. The van der Waals surface area contributed by atoms with Gasteiger partial charge in [-0.25, -0.2) is 9.97 Å². The van der Waals surface area contributed by atoms with Crippen LogP contribution in [0.1, 0.15) is 21.6 Å². The molecule has 0 unspecified atom stereocenters. The van der Waals surface area contributed by atoms with Crippen LogP contribution in [0.15, 0.2) is 36.7 Å². The predicted molar refractivity (Wildman–Crippen MR) is 75.1 cm³/mol. The molecule has 2 heterocycles. The fraction of sp³-hybridized carbons (Fsp3) is 0.133. The third-order valence-corrected chi connectivity index (χ3v) is 2.57. The molecule has 0 aromatic carbocycles. The zero-order valence-electron chi connectivity index (χ0n) is 10.9. The van der Waals surface area contributed by atoms with Crippen LogP contribution in [0, 0.1) is 18.8 Å². The van der Waals surface area contributed by atoms with E-state index in [2.05, 4.69) is 27.1 Å². The highest BCUT2D eigenvalue weighted by Gasteiger charge is 2.13. The van der Waals surface area contributed by atoms with Crippen LogP contribution in [0.4, 0.5) is 5.82 Å². The average molecular weight is 267 g/mol. The molecule has 0 radical (unpaired) electrons. The van der Waals surface area contributed by atoms with E-state index in [0.717, 1.165) is 5.56 Å². The van der Waals surface area contributed by atoms with Gasteiger partial charge >= 0.3 is 0 Å². The number of aliphatic hydroxyl groups excluding tert-OH is 1. The minimum Gasteiger partial charge on any atom is -0.384 e. The summed E-state index contributed by atoms with van der Waals surface area (Å²) in [7, 11) is 0. The standard InChI is InChI=1S/C15H13N3O2/c1-11-5-2-9-17-14(11)18-15(20)13-12(7-4-10-19)6-3-8-16-13/h2-3,5-6,8-9,19H,10H2,1H3,(H,17,18,20). The quantitative estimate of drug-likeness (QED) is 0.806. The topological polar surface area (TPSA) is 75.1 Å². The van der Waals surface area contributed by atoms with Crippen LogP contribution < -0.4 is 5.32 Å². The summed E-state index contributed by atoms with van der Waals surface area (Å²) in [5, 5.41) is 11.4. The first kappa shape index (κ1) is 13.7. The average Bonchev–Trinajstić information content (AvgIpc) is 2.47. The number of hydrogen-bond acceptors (Lipinski definition) is 4. The van der Waals surface area contributed by atoms with Gasteiger partial charge in [-0.2, -0.15) is 0 Å². The number of hydrogen-bond donors (Lipinski definition) is 2. The van der Waals surface area contributed by atoms with Gasteiger partial charge in [-0.3, -0.25) is 4.79 Å². The van der Waals surface area contributed by atoms with E-state index in [0.29, 0.717) is 11.4 Å². The maximum Gasteiger partial charge on any atom is 0.276 e. The molecule has 0 aliphatic rings. The number of carbonyl (C=O) groups is 1. The van der Waals surface area contributed by atoms with Crippen molar-refractivity contribution < 1.29 is 9.90 Å². The summed E-state index contributed by atoms with van der Waals surface area (Å²) in [4.78, 5) is 20.3. The Balaban J connectivity index is 2.28. The second-order valence-corrected chi connectivity index (χ2v) is 3.98. The lowest BCUT2D eigenvalue weighted by molar-refractivity contribution is 0.102. The maximum absolute atomic E-state index is 12.2. The third-order valence-electron chi connectivity index (χ3n) is 2.57. The van der Waals surface area contributed by atoms with Crippen molar-refractivity contribution in [1.29, 1.82) is 0 Å². The highest BCUT2D eigenvalue weighted by atomic mass is 16.2. The Morgan fingerprint density at radius 2 is 2.05 bits per heavy atom. The van der Waals surface area contributed by atoms with Crippen LogP contribution in [0.5, 0.6) is 0 Å². The molecule has 0 fully saturated rings. The molecule has 0 atom stereocenters. The summed E-state index contributed by atoms with van der Waals surface area (Å²) in [6, 6.07) is 7.01. The molecule has 0 spiro atoms. The van der Waals surface area contributed by atoms with Crippen LogP contribution >= 0.6 is 0 Å². The lowest BCUT2D eigenvalue weighted by atomic mass is 10.2. The van der Waals surface area contributed by atoms with E-state index in [-0.39, 0.29) is 18.2 Å². The smallest absolute Gasteiger partial charge is 0.276 e. The first-order valence-electron chi connectivity index (χ1n) is 6.00. The molecule has 0 aliphatic heterocycles. The van der Waals surface area contributed by atoms with E-state index in [1.54, 1.807) is 24.4 Å². The number of aliphatic hydroxyl groups is 1. The lowest BCUT2D eigenvalue weighted by Crippen LogP contribution is -2.16. The molecule has 100 valence electrons. The van der Waals surface area contributed by atoms with Crippen molar-refractivity contribution in [1.82, 2.24) is 9.97 Å². The van der Waals surface area contributed by atoms with Crippen LogP contribution in [-0.4, -0.2) is 27.6 Å². The molecule has 0 aliphatic carbocycles. The van der Waals surface area contributed by atoms with E-state index in [4.69, 9.17) is 5.11 Å². The van der Waals surface area contributed by atoms with Gasteiger partial charge in [0.2, 0.25) is 0 Å². The molecule has 0 saturated heterocycles. The molecule has 20 heavy (non-hydrogen) atoms. The summed E-state index contributed by atoms with van der Waals surface area (Å²) in [6.45, 7) is 1.59. The van der Waals surface area contributed by atoms with Gasteiger partial charge in [0.15, 0.2) is 0 Å². The second-order valence-electron chi connectivity index (χ2n) is 3.98. The van der Waals surface area contributed by atoms with Crippen molar-refractivity contribution in [2.24, 2.45) is 0 Å². The van der Waals surface area contributed by atoms with Crippen molar-refractivity contribution in [3.63, 3.8) is 0 Å². The van der Waals surface area contributed by atoms with Gasteiger partial charge in [0.1, 0.15) is 18.1 Å². The van der Waals surface area contributed by atoms with Gasteiger partial charge in [-0.05, 0) is 30.7 Å². The summed E-state index contributed by atoms with van der Waals surface area (Å²) in [6.07, 6.45) is 3.12. The van der Waals surface area contributed by atoms with E-state index < -0.39 is 0 Å². The summed E-state index contributed by atoms with van der Waals surface area (Å²) in [5.41, 5.74) is 1.53. The number of aromatic nitrogens is 2. The molecule has 5 heteroatoms. The number of nitrogens with one attached hydrogen (secondary N) is 1. The van der Waals surface area contributed by atoms with Gasteiger partial charge in [0, 0.05) is 12.4 Å². The Kier molecular flexibility index (Phi) is 4.43. The van der Waals surface area contributed by atoms with Gasteiger partial charge in [-0.1, -0.05) is 17.9 Å². The number of nitrogens with zero attached hydrogens (tertiary/aromatic N) is 2. The molecule has 2 N–H and O–H groups in total. The number of pyridine rings is 2. The van der Waals surface area contributed by atoms with Crippen LogP contribution in [0.3, 0.4) is 0 Å². The van der Waals surface area contributed by atoms with Crippen molar-refractivity contribution in [3.05, 3.63) is 53.5 Å². The minimum absolute atomic E-state index is 0.207. The van der Waals surface area contributed by atoms with Crippen molar-refractivity contribution >= 4 is 11.7 Å².